The lowest BCUT2D eigenvalue weighted by Crippen LogP contribution is -2.25. The van der Waals surface area contributed by atoms with Crippen molar-refractivity contribution in [2.75, 3.05) is 13.7 Å². The van der Waals surface area contributed by atoms with Gasteiger partial charge in [-0.1, -0.05) is 0 Å². The highest BCUT2D eigenvalue weighted by molar-refractivity contribution is 6.34. The lowest BCUT2D eigenvalue weighted by Gasteiger charge is -1.97. The SMILES string of the molecule is CCOC(=O)C(N)=NC. The topological polar surface area (TPSA) is 64.7 Å². The van der Waals surface area contributed by atoms with Crippen LogP contribution in [-0.2, 0) is 9.53 Å². The van der Waals surface area contributed by atoms with E-state index in [9.17, 15) is 4.79 Å². The summed E-state index contributed by atoms with van der Waals surface area (Å²) in [5.74, 6) is -0.642. The lowest BCUT2D eigenvalue weighted by atomic mass is 10.6. The first-order chi connectivity index (χ1) is 4.22. The molecule has 0 saturated heterocycles. The van der Waals surface area contributed by atoms with Gasteiger partial charge in [0.15, 0.2) is 0 Å². The molecule has 0 radical (unpaired) electrons. The standard InChI is InChI=1S/C5H10N2O2/c1-3-9-5(8)4(6)7-2/h3H2,1-2H3,(H2,6,7). The lowest BCUT2D eigenvalue weighted by molar-refractivity contribution is -0.135. The van der Waals surface area contributed by atoms with Crippen molar-refractivity contribution in [1.82, 2.24) is 0 Å². The van der Waals surface area contributed by atoms with Crippen molar-refractivity contribution in [2.45, 2.75) is 6.92 Å². The van der Waals surface area contributed by atoms with Crippen LogP contribution in [0.1, 0.15) is 6.92 Å². The molecule has 0 aromatic rings. The van der Waals surface area contributed by atoms with Gasteiger partial charge < -0.3 is 10.5 Å². The maximum absolute atomic E-state index is 10.5. The number of esters is 1. The van der Waals surface area contributed by atoms with E-state index < -0.39 is 5.97 Å². The molecule has 0 unspecified atom stereocenters. The summed E-state index contributed by atoms with van der Waals surface area (Å²) in [5.41, 5.74) is 5.08. The molecule has 0 aromatic heterocycles. The molecule has 0 aliphatic heterocycles. The number of nitrogens with zero attached hydrogens (tertiary/aromatic N) is 1. The zero-order chi connectivity index (χ0) is 7.28. The molecule has 4 nitrogen and oxygen atoms in total. The minimum absolute atomic E-state index is 0.0862. The number of nitrogens with two attached hydrogens (primary N) is 1. The van der Waals surface area contributed by atoms with Gasteiger partial charge in [0.1, 0.15) is 0 Å². The second-order valence-corrected chi connectivity index (χ2v) is 1.33. The van der Waals surface area contributed by atoms with Crippen LogP contribution in [0.25, 0.3) is 0 Å². The average Bonchev–Trinajstić information content (AvgIpc) is 1.87. The molecule has 0 rings (SSSR count). The minimum atomic E-state index is -0.556. The van der Waals surface area contributed by atoms with Crippen LogP contribution in [0.2, 0.25) is 0 Å². The fraction of sp³-hybridized carbons (Fsp3) is 0.600. The quantitative estimate of drug-likeness (QED) is 0.296. The Morgan fingerprint density at radius 1 is 1.78 bits per heavy atom. The predicted octanol–water partition coefficient (Wildman–Crippen LogP) is -0.464. The van der Waals surface area contributed by atoms with Gasteiger partial charge in [-0.2, -0.15) is 0 Å². The van der Waals surface area contributed by atoms with E-state index in [2.05, 4.69) is 9.73 Å². The molecule has 0 saturated carbocycles. The fourth-order valence-electron chi connectivity index (χ4n) is 0.296. The Bertz CT molecular complexity index is 131. The molecule has 0 aromatic carbocycles. The summed E-state index contributed by atoms with van der Waals surface area (Å²) in [4.78, 5) is 13.9. The Hall–Kier alpha value is -1.06. The molecule has 0 bridgehead atoms. The van der Waals surface area contributed by atoms with Crippen molar-refractivity contribution in [3.63, 3.8) is 0 Å². The van der Waals surface area contributed by atoms with Crippen LogP contribution in [0.5, 0.6) is 0 Å². The Morgan fingerprint density at radius 2 is 2.33 bits per heavy atom. The van der Waals surface area contributed by atoms with E-state index in [1.165, 1.54) is 7.05 Å². The Morgan fingerprint density at radius 3 is 2.67 bits per heavy atom. The molecule has 0 aliphatic rings. The maximum atomic E-state index is 10.5. The Labute approximate surface area is 53.7 Å². The van der Waals surface area contributed by atoms with Crippen LogP contribution in [-0.4, -0.2) is 25.5 Å². The van der Waals surface area contributed by atoms with Crippen molar-refractivity contribution in [1.29, 1.82) is 0 Å². The van der Waals surface area contributed by atoms with Crippen LogP contribution in [0, 0.1) is 0 Å². The molecule has 0 heterocycles. The van der Waals surface area contributed by atoms with Crippen molar-refractivity contribution in [3.8, 4) is 0 Å². The van der Waals surface area contributed by atoms with E-state index in [0.717, 1.165) is 0 Å². The van der Waals surface area contributed by atoms with Gasteiger partial charge in [-0.25, -0.2) is 4.79 Å². The number of amidine groups is 1. The van der Waals surface area contributed by atoms with Gasteiger partial charge in [0.25, 0.3) is 0 Å². The molecular formula is C5H10N2O2. The molecule has 0 atom stereocenters. The summed E-state index contributed by atoms with van der Waals surface area (Å²) in [6, 6.07) is 0. The summed E-state index contributed by atoms with van der Waals surface area (Å²) < 4.78 is 4.50. The van der Waals surface area contributed by atoms with Gasteiger partial charge in [-0.3, -0.25) is 4.99 Å². The zero-order valence-electron chi connectivity index (χ0n) is 5.55. The fourth-order valence-corrected chi connectivity index (χ4v) is 0.296. The number of rotatable bonds is 1. The predicted molar refractivity (Wildman–Crippen MR) is 34.2 cm³/mol. The molecule has 52 valence electrons. The van der Waals surface area contributed by atoms with E-state index >= 15 is 0 Å². The Balaban J connectivity index is 3.74. The molecule has 0 aliphatic carbocycles. The van der Waals surface area contributed by atoms with E-state index in [0.29, 0.717) is 6.61 Å². The smallest absolute Gasteiger partial charge is 0.373 e. The molecular weight excluding hydrogens is 120 g/mol. The van der Waals surface area contributed by atoms with Gasteiger partial charge in [-0.05, 0) is 6.92 Å². The van der Waals surface area contributed by atoms with Crippen LogP contribution in [0.15, 0.2) is 4.99 Å². The minimum Gasteiger partial charge on any atom is -0.460 e. The van der Waals surface area contributed by atoms with Gasteiger partial charge in [0, 0.05) is 7.05 Å². The molecule has 2 N–H and O–H groups in total. The normalized spacial score (nSPS) is 11.1. The third-order valence-corrected chi connectivity index (χ3v) is 0.725. The van der Waals surface area contributed by atoms with Gasteiger partial charge >= 0.3 is 5.97 Å². The molecule has 0 fully saturated rings. The first-order valence-corrected chi connectivity index (χ1v) is 2.61. The van der Waals surface area contributed by atoms with Gasteiger partial charge in [-0.15, -0.1) is 0 Å². The summed E-state index contributed by atoms with van der Waals surface area (Å²) in [7, 11) is 1.44. The van der Waals surface area contributed by atoms with Crippen LogP contribution >= 0.6 is 0 Å². The summed E-state index contributed by atoms with van der Waals surface area (Å²) in [5, 5.41) is 0. The van der Waals surface area contributed by atoms with E-state index in [1.807, 2.05) is 0 Å². The zero-order valence-corrected chi connectivity index (χ0v) is 5.55. The highest BCUT2D eigenvalue weighted by Crippen LogP contribution is 1.76. The van der Waals surface area contributed by atoms with Crippen molar-refractivity contribution < 1.29 is 9.53 Å². The number of hydrogen-bond donors (Lipinski definition) is 1. The highest BCUT2D eigenvalue weighted by atomic mass is 16.5. The van der Waals surface area contributed by atoms with Gasteiger partial charge in [0.05, 0.1) is 6.61 Å². The van der Waals surface area contributed by atoms with Crippen LogP contribution in [0.3, 0.4) is 0 Å². The van der Waals surface area contributed by atoms with E-state index in [-0.39, 0.29) is 5.84 Å². The average molecular weight is 130 g/mol. The van der Waals surface area contributed by atoms with E-state index in [1.54, 1.807) is 6.92 Å². The number of aliphatic imine (C=N–C) groups is 1. The van der Waals surface area contributed by atoms with Crippen LogP contribution in [0.4, 0.5) is 0 Å². The summed E-state index contributed by atoms with van der Waals surface area (Å²) in [6.07, 6.45) is 0. The highest BCUT2D eigenvalue weighted by Gasteiger charge is 2.03. The first-order valence-electron chi connectivity index (χ1n) is 2.61. The van der Waals surface area contributed by atoms with Crippen molar-refractivity contribution in [3.05, 3.63) is 0 Å². The number of ether oxygens (including phenoxy) is 1. The largest absolute Gasteiger partial charge is 0.460 e. The van der Waals surface area contributed by atoms with E-state index in [4.69, 9.17) is 5.73 Å². The third-order valence-electron chi connectivity index (χ3n) is 0.725. The number of carbonyl (C=O) groups excluding carboxylic acids is 1. The van der Waals surface area contributed by atoms with Crippen molar-refractivity contribution >= 4 is 11.8 Å². The van der Waals surface area contributed by atoms with Gasteiger partial charge in [0.2, 0.25) is 5.84 Å². The monoisotopic (exact) mass is 130 g/mol. The molecule has 4 heteroatoms. The second kappa shape index (κ2) is 3.88. The maximum Gasteiger partial charge on any atom is 0.373 e. The number of hydrogen-bond acceptors (Lipinski definition) is 3. The number of carbonyl (C=O) groups is 1. The summed E-state index contributed by atoms with van der Waals surface area (Å²) >= 11 is 0. The first kappa shape index (κ1) is 7.94. The summed E-state index contributed by atoms with van der Waals surface area (Å²) in [6.45, 7) is 2.04. The van der Waals surface area contributed by atoms with Crippen LogP contribution < -0.4 is 5.73 Å². The third kappa shape index (κ3) is 2.69. The Kier molecular flexibility index (Phi) is 3.43. The molecule has 0 spiro atoms. The second-order valence-electron chi connectivity index (χ2n) is 1.33. The molecule has 0 amide bonds. The molecule has 9 heavy (non-hydrogen) atoms. The van der Waals surface area contributed by atoms with Crippen molar-refractivity contribution in [2.24, 2.45) is 10.7 Å².